The van der Waals surface area contributed by atoms with Gasteiger partial charge in [-0.15, -0.1) is 0 Å². The Morgan fingerprint density at radius 3 is 2.61 bits per heavy atom. The summed E-state index contributed by atoms with van der Waals surface area (Å²) in [6.07, 6.45) is 1.98. The van der Waals surface area contributed by atoms with Crippen LogP contribution in [-0.4, -0.2) is 23.5 Å². The van der Waals surface area contributed by atoms with Crippen molar-refractivity contribution in [1.82, 2.24) is 4.90 Å². The van der Waals surface area contributed by atoms with Crippen molar-refractivity contribution < 1.29 is 8.78 Å². The maximum atomic E-state index is 13.4. The number of halogens is 2. The predicted molar refractivity (Wildman–Crippen MR) is 68.2 cm³/mol. The van der Waals surface area contributed by atoms with Gasteiger partial charge in [-0.3, -0.25) is 4.90 Å². The van der Waals surface area contributed by atoms with Crippen molar-refractivity contribution in [2.45, 2.75) is 44.8 Å². The van der Waals surface area contributed by atoms with Crippen molar-refractivity contribution in [2.24, 2.45) is 5.73 Å². The van der Waals surface area contributed by atoms with E-state index in [9.17, 15) is 8.78 Å². The van der Waals surface area contributed by atoms with Crippen LogP contribution in [0.2, 0.25) is 0 Å². The van der Waals surface area contributed by atoms with Gasteiger partial charge in [0.1, 0.15) is 0 Å². The van der Waals surface area contributed by atoms with Crippen LogP contribution in [0.15, 0.2) is 18.2 Å². The zero-order valence-electron chi connectivity index (χ0n) is 10.9. The highest BCUT2D eigenvalue weighted by molar-refractivity contribution is 5.23. The quantitative estimate of drug-likeness (QED) is 0.879. The normalized spacial score (nSPS) is 25.7. The third kappa shape index (κ3) is 2.54. The topological polar surface area (TPSA) is 29.3 Å². The van der Waals surface area contributed by atoms with E-state index in [0.29, 0.717) is 6.04 Å². The minimum atomic E-state index is -0.806. The van der Waals surface area contributed by atoms with Crippen LogP contribution in [-0.2, 0) is 0 Å². The lowest BCUT2D eigenvalue weighted by molar-refractivity contribution is 0.0944. The van der Waals surface area contributed by atoms with Crippen LogP contribution in [0.5, 0.6) is 0 Å². The van der Waals surface area contributed by atoms with Gasteiger partial charge in [0, 0.05) is 12.1 Å². The first kappa shape index (κ1) is 13.4. The molecule has 0 aliphatic carbocycles. The largest absolute Gasteiger partial charge is 0.326 e. The summed E-state index contributed by atoms with van der Waals surface area (Å²) in [4.78, 5) is 2.26. The fourth-order valence-corrected chi connectivity index (χ4v) is 2.77. The number of likely N-dealkylation sites (tertiary alicyclic amines) is 1. The Hall–Kier alpha value is -1.00. The van der Waals surface area contributed by atoms with Crippen molar-refractivity contribution >= 4 is 0 Å². The van der Waals surface area contributed by atoms with Gasteiger partial charge in [0.05, 0.1) is 6.04 Å². The molecule has 0 spiro atoms. The Kier molecular flexibility index (Phi) is 3.97. The Morgan fingerprint density at radius 1 is 1.28 bits per heavy atom. The van der Waals surface area contributed by atoms with Gasteiger partial charge in [-0.05, 0) is 50.9 Å². The summed E-state index contributed by atoms with van der Waals surface area (Å²) < 4.78 is 26.4. The molecular formula is C14H20F2N2. The third-order valence-electron chi connectivity index (χ3n) is 3.67. The first-order valence-corrected chi connectivity index (χ1v) is 6.47. The molecule has 1 aliphatic rings. The molecule has 2 rings (SSSR count). The van der Waals surface area contributed by atoms with Gasteiger partial charge in [-0.25, -0.2) is 8.78 Å². The zero-order chi connectivity index (χ0) is 13.3. The fourth-order valence-electron chi connectivity index (χ4n) is 2.77. The summed E-state index contributed by atoms with van der Waals surface area (Å²) in [7, 11) is 0. The number of piperidine rings is 1. The summed E-state index contributed by atoms with van der Waals surface area (Å²) in [6, 6.07) is 4.41. The number of rotatable bonds is 2. The van der Waals surface area contributed by atoms with E-state index in [1.54, 1.807) is 6.07 Å². The van der Waals surface area contributed by atoms with E-state index in [1.807, 2.05) is 0 Å². The van der Waals surface area contributed by atoms with E-state index >= 15 is 0 Å². The average molecular weight is 254 g/mol. The van der Waals surface area contributed by atoms with Gasteiger partial charge >= 0.3 is 0 Å². The lowest BCUT2D eigenvalue weighted by atomic mass is 9.90. The summed E-state index contributed by atoms with van der Waals surface area (Å²) in [5.74, 6) is -1.60. The van der Waals surface area contributed by atoms with Crippen molar-refractivity contribution in [3.05, 3.63) is 35.4 Å². The Labute approximate surface area is 107 Å². The second kappa shape index (κ2) is 5.33. The number of hydrogen-bond acceptors (Lipinski definition) is 2. The molecule has 18 heavy (non-hydrogen) atoms. The zero-order valence-corrected chi connectivity index (χ0v) is 10.9. The van der Waals surface area contributed by atoms with Crippen molar-refractivity contribution in [3.8, 4) is 0 Å². The van der Waals surface area contributed by atoms with E-state index in [0.717, 1.165) is 24.9 Å². The molecule has 2 nitrogen and oxygen atoms in total. The second-order valence-electron chi connectivity index (χ2n) is 5.26. The molecule has 2 unspecified atom stereocenters. The van der Waals surface area contributed by atoms with E-state index in [4.69, 9.17) is 5.73 Å². The maximum Gasteiger partial charge on any atom is 0.159 e. The van der Waals surface area contributed by atoms with Gasteiger partial charge in [-0.1, -0.05) is 6.07 Å². The van der Waals surface area contributed by atoms with Crippen LogP contribution in [0.1, 0.15) is 38.3 Å². The summed E-state index contributed by atoms with van der Waals surface area (Å²) in [5, 5.41) is 0. The smallest absolute Gasteiger partial charge is 0.159 e. The molecule has 0 radical (unpaired) electrons. The highest BCUT2D eigenvalue weighted by atomic mass is 19.2. The van der Waals surface area contributed by atoms with Crippen LogP contribution in [0, 0.1) is 11.6 Å². The Morgan fingerprint density at radius 2 is 2.00 bits per heavy atom. The summed E-state index contributed by atoms with van der Waals surface area (Å²) in [5.41, 5.74) is 6.94. The molecule has 0 amide bonds. The number of nitrogens with two attached hydrogens (primary N) is 1. The Balaban J connectivity index is 2.34. The van der Waals surface area contributed by atoms with Gasteiger partial charge in [-0.2, -0.15) is 0 Å². The standard InChI is InChI=1S/C14H20F2N2/c1-9(2)18-7-3-4-13(17)14(18)10-5-6-11(15)12(16)8-10/h5-6,8-9,13-14H,3-4,7,17H2,1-2H3. The minimum Gasteiger partial charge on any atom is -0.326 e. The maximum absolute atomic E-state index is 13.4. The second-order valence-corrected chi connectivity index (χ2v) is 5.26. The molecule has 100 valence electrons. The molecule has 1 heterocycles. The molecule has 1 saturated heterocycles. The van der Waals surface area contributed by atoms with E-state index in [2.05, 4.69) is 18.7 Å². The highest BCUT2D eigenvalue weighted by Gasteiger charge is 2.32. The number of hydrogen-bond donors (Lipinski definition) is 1. The van der Waals surface area contributed by atoms with E-state index < -0.39 is 11.6 Å². The molecule has 0 aromatic heterocycles. The lowest BCUT2D eigenvalue weighted by Gasteiger charge is -2.42. The van der Waals surface area contributed by atoms with Crippen LogP contribution >= 0.6 is 0 Å². The molecule has 2 atom stereocenters. The SMILES string of the molecule is CC(C)N1CCCC(N)C1c1ccc(F)c(F)c1. The molecule has 1 aromatic carbocycles. The van der Waals surface area contributed by atoms with Crippen molar-refractivity contribution in [2.75, 3.05) is 6.54 Å². The van der Waals surface area contributed by atoms with Crippen molar-refractivity contribution in [3.63, 3.8) is 0 Å². The third-order valence-corrected chi connectivity index (χ3v) is 3.67. The molecule has 4 heteroatoms. The lowest BCUT2D eigenvalue weighted by Crippen LogP contribution is -2.48. The van der Waals surface area contributed by atoms with Gasteiger partial charge in [0.25, 0.3) is 0 Å². The molecule has 1 aliphatic heterocycles. The highest BCUT2D eigenvalue weighted by Crippen LogP contribution is 2.32. The molecule has 1 fully saturated rings. The molecule has 0 bridgehead atoms. The van der Waals surface area contributed by atoms with Gasteiger partial charge in [0.15, 0.2) is 11.6 Å². The molecule has 2 N–H and O–H groups in total. The summed E-state index contributed by atoms with van der Waals surface area (Å²) in [6.45, 7) is 5.16. The average Bonchev–Trinajstić information content (AvgIpc) is 2.32. The van der Waals surface area contributed by atoms with Crippen LogP contribution < -0.4 is 5.73 Å². The first-order chi connectivity index (χ1) is 8.50. The Bertz CT molecular complexity index is 420. The minimum absolute atomic E-state index is 0.0196. The molecule has 0 saturated carbocycles. The number of nitrogens with zero attached hydrogens (tertiary/aromatic N) is 1. The van der Waals surface area contributed by atoms with Crippen LogP contribution in [0.4, 0.5) is 8.78 Å². The number of benzene rings is 1. The van der Waals surface area contributed by atoms with E-state index in [-0.39, 0.29) is 12.1 Å². The van der Waals surface area contributed by atoms with Gasteiger partial charge < -0.3 is 5.73 Å². The van der Waals surface area contributed by atoms with Crippen molar-refractivity contribution in [1.29, 1.82) is 0 Å². The van der Waals surface area contributed by atoms with Crippen LogP contribution in [0.3, 0.4) is 0 Å². The van der Waals surface area contributed by atoms with E-state index in [1.165, 1.54) is 12.1 Å². The summed E-state index contributed by atoms with van der Waals surface area (Å²) >= 11 is 0. The molecular weight excluding hydrogens is 234 g/mol. The fraction of sp³-hybridized carbons (Fsp3) is 0.571. The monoisotopic (exact) mass is 254 g/mol. The van der Waals surface area contributed by atoms with Crippen LogP contribution in [0.25, 0.3) is 0 Å². The molecule has 1 aromatic rings. The van der Waals surface area contributed by atoms with Gasteiger partial charge in [0.2, 0.25) is 0 Å². The first-order valence-electron chi connectivity index (χ1n) is 6.47. The predicted octanol–water partition coefficient (Wildman–Crippen LogP) is 2.84.